The van der Waals surface area contributed by atoms with Crippen molar-refractivity contribution >= 4 is 110 Å². The normalized spacial score (nSPS) is 29.8. The van der Waals surface area contributed by atoms with E-state index in [1.165, 1.54) is 166 Å². The number of methoxy groups -OCH3 is 5. The summed E-state index contributed by atoms with van der Waals surface area (Å²) in [7, 11) is 32.5. The molecule has 4 heterocycles. The Bertz CT molecular complexity index is 5270. The molecule has 2 aliphatic heterocycles. The molecule has 142 heavy (non-hydrogen) atoms. The van der Waals surface area contributed by atoms with Gasteiger partial charge in [0.2, 0.25) is 0 Å². The fourth-order valence-corrected chi connectivity index (χ4v) is 31.1. The molecule has 8 saturated carbocycles. The van der Waals surface area contributed by atoms with E-state index in [9.17, 15) is 15.3 Å². The minimum atomic E-state index is -3.29. The number of nitrogens with one attached hydrogen (secondary N) is 2. The maximum atomic E-state index is 11.2. The zero-order valence-electron chi connectivity index (χ0n) is 92.6. The molecule has 0 radical (unpaired) electrons. The van der Waals surface area contributed by atoms with Gasteiger partial charge in [-0.1, -0.05) is 151 Å². The first-order chi connectivity index (χ1) is 66.2. The molecule has 0 amide bonds. The Labute approximate surface area is 897 Å². The number of pyridine rings is 2. The van der Waals surface area contributed by atoms with Crippen molar-refractivity contribution < 1.29 is 53.2 Å². The van der Waals surface area contributed by atoms with Gasteiger partial charge in [-0.3, -0.25) is 9.97 Å². The molecule has 18 rings (SSSR count). The Morgan fingerprint density at radius 1 is 0.401 bits per heavy atom. The Morgan fingerprint density at radius 2 is 0.725 bits per heavy atom. The summed E-state index contributed by atoms with van der Waals surface area (Å²) in [6.07, 6.45) is 28.6. The summed E-state index contributed by atoms with van der Waals surface area (Å²) in [6, 6.07) is 31.0. The number of aliphatic hydroxyl groups excluding tert-OH is 1. The summed E-state index contributed by atoms with van der Waals surface area (Å²) in [5.41, 5.74) is 17.9. The summed E-state index contributed by atoms with van der Waals surface area (Å²) < 4.78 is 47.7. The van der Waals surface area contributed by atoms with Gasteiger partial charge in [0.1, 0.15) is 46.0 Å². The zero-order valence-corrected chi connectivity index (χ0v) is 102. The van der Waals surface area contributed by atoms with Gasteiger partial charge in [-0.2, -0.15) is 0 Å². The van der Waals surface area contributed by atoms with Crippen LogP contribution in [0, 0.1) is 157 Å². The van der Waals surface area contributed by atoms with E-state index in [-0.39, 0.29) is 40.1 Å². The summed E-state index contributed by atoms with van der Waals surface area (Å²) in [4.78, 5) is 9.16. The fourth-order valence-electron chi connectivity index (χ4n) is 29.8. The van der Waals surface area contributed by atoms with Gasteiger partial charge in [0, 0.05) is 115 Å². The van der Waals surface area contributed by atoms with E-state index in [0.29, 0.717) is 62.8 Å². The van der Waals surface area contributed by atoms with Gasteiger partial charge < -0.3 is 63.8 Å². The molecule has 15 nitrogen and oxygen atoms in total. The van der Waals surface area contributed by atoms with Gasteiger partial charge in [0.25, 0.3) is 0 Å². The average Bonchev–Trinajstić information content (AvgIpc) is 0.702. The van der Waals surface area contributed by atoms with Gasteiger partial charge in [0.05, 0.1) is 77.6 Å². The minimum absolute atomic E-state index is 0.0355. The number of benzene rings is 6. The van der Waals surface area contributed by atoms with Crippen LogP contribution >= 0.6 is 74.2 Å². The van der Waals surface area contributed by atoms with Crippen LogP contribution in [-0.2, 0) is 10.8 Å². The molecule has 8 aromatic rings. The number of likely N-dealkylation sites (N-methyl/N-ethyl adjacent to an activating group) is 2. The van der Waals surface area contributed by atoms with Crippen molar-refractivity contribution in [3.8, 4) is 46.0 Å². The number of ether oxygens (including phenoxy) is 8. The Morgan fingerprint density at radius 3 is 1.09 bits per heavy atom. The predicted octanol–water partition coefficient (Wildman–Crippen LogP) is 31.3. The van der Waals surface area contributed by atoms with Crippen LogP contribution in [-0.4, -0.2) is 140 Å². The van der Waals surface area contributed by atoms with Crippen LogP contribution in [0.5, 0.6) is 46.0 Å². The van der Waals surface area contributed by atoms with Crippen molar-refractivity contribution in [2.45, 2.75) is 324 Å². The predicted molar refractivity (Wildman–Crippen MR) is 609 cm³/mol. The van der Waals surface area contributed by atoms with E-state index >= 15 is 0 Å². The number of nitrogens with zero attached hydrogens (tertiary/aromatic N) is 2. The van der Waals surface area contributed by atoms with Crippen LogP contribution in [0.1, 0.15) is 300 Å². The molecule has 0 saturated heterocycles. The summed E-state index contributed by atoms with van der Waals surface area (Å²) in [6.45, 7) is 62.0. The van der Waals surface area contributed by atoms with Crippen molar-refractivity contribution in [3.63, 3.8) is 0 Å². The number of halogens is 6. The third-order valence-electron chi connectivity index (χ3n) is 37.0. The van der Waals surface area contributed by atoms with Crippen LogP contribution in [0.4, 0.5) is 0 Å². The first-order valence-electron chi connectivity index (χ1n) is 52.5. The number of aromatic nitrogens is 2. The van der Waals surface area contributed by atoms with E-state index in [4.69, 9.17) is 73.6 Å². The number of aliphatic hydroxyl groups is 3. The number of hydrogen-bond donors (Lipinski definition) is 5. The van der Waals surface area contributed by atoms with Crippen molar-refractivity contribution in [1.82, 2.24) is 20.6 Å². The molecule has 790 valence electrons. The van der Waals surface area contributed by atoms with Gasteiger partial charge in [-0.25, -0.2) is 0 Å². The summed E-state index contributed by atoms with van der Waals surface area (Å²) in [5, 5.41) is 40.0. The first kappa shape index (κ1) is 119. The quantitative estimate of drug-likeness (QED) is 0.0337. The van der Waals surface area contributed by atoms with Gasteiger partial charge in [-0.15, -0.1) is 0 Å². The molecule has 5 N–H and O–H groups in total. The molecule has 0 bridgehead atoms. The van der Waals surface area contributed by atoms with E-state index < -0.39 is 25.1 Å². The SMILES string of the molecule is CC1(C)CCC[C@]2(C)C(CO)[C@](C)(O)CC[C@@H]12.CNCCNC.COc1cc(C)c2c(c1)OC[C@@H]1[C@@]3(C)CCCC(C)(C)[C@@H]3CC[C@@]21C.COc1cc(C)c2c(c1)OC[C@@H]1[C@@]3(C)CCCC(C)(C)[C@@H]3CC[C@@]21C.COc1cc(C)cc(Br)c1.COc1cc(C)cc(I)c1.COc1cc(C)cc(OCC2[C@](C)(O)CC[C@H]3C(C)(C)CCC[C@]23C)c1.Cc1cnc2c(ccc3c(C)c(C)cnc32)c1C.[Cl][Sn]([Cl])([Cl])[Cl]. The number of aryl methyl sites for hydroxylation is 9. The van der Waals surface area contributed by atoms with Crippen molar-refractivity contribution in [1.29, 1.82) is 0 Å². The first-order valence-corrected chi connectivity index (χ1v) is 68.8. The van der Waals surface area contributed by atoms with Crippen LogP contribution in [0.2, 0.25) is 0 Å². The standard InChI is InChI=1S/C23H36O3.2C23H34O2.C16H16N2.C15H28O2.C8H9BrO.C8H9IO.C4H12N2.4ClH.Sn/c1-16-12-17(25-6)14-18(13-16)26-15-20-22(4)10-7-9-21(2,3)19(22)8-11-23(20,5)24;2*1-15-12-16(24-6)13-17-20(15)23(5)11-8-18-21(2,3)9-7-10-22(18,4)19(23)14-25-17;1-9-7-17-15-13(11(9)3)5-6-14-12(4)10(2)8-18-16(14)15;1-13(2)7-5-8-14(3)11(13)6-9-15(4,17)12(14)10-16;2*1-6-3-7(9)5-8(4-6)10-2;1-5-3-4-6-2;;;;;/h12-14,19-20,24H,7-11,15H2,1-6H3;2*12-13,18-19H,7-11,14H2,1-6H3;5-8H,1-4H3;11-12,16-17H,5-10H2,1-4H3;2*3-5H,1-2H3;5-6H,3-4H2,1-2H3;4*1H;/q;;;;;;;;;;;;+4/p-4/t19-,20?,22-,23+;2*18-,19+,22-,23+;;11-,12?,14-,15+;;;;;;;;/m000.0......../s1. The second-order valence-electron chi connectivity index (χ2n) is 48.4. The maximum absolute atomic E-state index is 11.2. The molecule has 22 heteroatoms. The van der Waals surface area contributed by atoms with E-state index in [1.54, 1.807) is 35.5 Å². The van der Waals surface area contributed by atoms with Crippen molar-refractivity contribution in [2.75, 3.05) is 89.2 Å². The van der Waals surface area contributed by atoms with Gasteiger partial charge >= 0.3 is 49.6 Å². The molecule has 8 fully saturated rings. The Kier molecular flexibility index (Phi) is 40.7. The Balaban J connectivity index is 0.000000171. The molecule has 2 unspecified atom stereocenters. The van der Waals surface area contributed by atoms with Crippen LogP contribution in [0.3, 0.4) is 0 Å². The van der Waals surface area contributed by atoms with Crippen molar-refractivity contribution in [2.24, 2.45) is 90.7 Å². The van der Waals surface area contributed by atoms with Gasteiger partial charge in [-0.05, 0) is 393 Å². The number of hydrogen-bond acceptors (Lipinski definition) is 15. The number of rotatable bonds is 12. The van der Waals surface area contributed by atoms with E-state index in [2.05, 4.69) is 247 Å². The monoisotopic (exact) mass is 2320 g/mol. The summed E-state index contributed by atoms with van der Waals surface area (Å²) in [5.74, 6) is 11.7. The second-order valence-corrected chi connectivity index (χ2v) is 76.0. The average molecular weight is 2320 g/mol. The molecule has 8 aliphatic carbocycles. The molecular weight excluding hydrogens is 2140 g/mol. The number of fused-ring (bicyclic) bond motifs is 15. The molecular formula is C120H178BrCl4IN4O11Sn. The van der Waals surface area contributed by atoms with E-state index in [0.717, 1.165) is 137 Å². The zero-order chi connectivity index (χ0) is 105. The molecule has 16 atom stereocenters. The third kappa shape index (κ3) is 27.1. The Hall–Kier alpha value is -4.49. The topological polar surface area (TPSA) is 184 Å². The molecule has 2 aromatic heterocycles. The third-order valence-corrected chi connectivity index (χ3v) is 38.1. The summed E-state index contributed by atoms with van der Waals surface area (Å²) >= 11 is 2.36. The van der Waals surface area contributed by atoms with E-state index in [1.807, 2.05) is 103 Å². The van der Waals surface area contributed by atoms with Gasteiger partial charge in [0.15, 0.2) is 0 Å². The molecule has 0 spiro atoms. The van der Waals surface area contributed by atoms with Crippen molar-refractivity contribution in [3.05, 3.63) is 173 Å². The second kappa shape index (κ2) is 48.4. The van der Waals surface area contributed by atoms with Crippen LogP contribution in [0.15, 0.2) is 108 Å². The van der Waals surface area contributed by atoms with Crippen LogP contribution in [0.25, 0.3) is 21.8 Å². The molecule has 10 aliphatic rings. The molecule has 6 aromatic carbocycles. The van der Waals surface area contributed by atoms with Crippen LogP contribution < -0.4 is 48.5 Å². The fraction of sp³-hybridized carbons (Fsp3) is 0.650.